The van der Waals surface area contributed by atoms with Crippen LogP contribution in [0.5, 0.6) is 11.5 Å². The highest BCUT2D eigenvalue weighted by atomic mass is 16.6. The SMILES string of the molecule is N#C/C(=C\c1ccc2c(c1)OCCO2)c1cccc([N+](=O)[O-])c1. The van der Waals surface area contributed by atoms with Crippen molar-refractivity contribution in [1.29, 1.82) is 5.26 Å². The predicted molar refractivity (Wildman–Crippen MR) is 84.0 cm³/mol. The first-order valence-electron chi connectivity index (χ1n) is 6.93. The van der Waals surface area contributed by atoms with Crippen LogP contribution >= 0.6 is 0 Å². The number of allylic oxidation sites excluding steroid dienone is 1. The van der Waals surface area contributed by atoms with Gasteiger partial charge in [-0.15, -0.1) is 0 Å². The number of rotatable bonds is 3. The molecule has 3 rings (SSSR count). The topological polar surface area (TPSA) is 85.4 Å². The van der Waals surface area contributed by atoms with Gasteiger partial charge >= 0.3 is 0 Å². The van der Waals surface area contributed by atoms with Crippen LogP contribution in [0.4, 0.5) is 5.69 Å². The molecule has 0 amide bonds. The summed E-state index contributed by atoms with van der Waals surface area (Å²) >= 11 is 0. The Morgan fingerprint density at radius 2 is 1.96 bits per heavy atom. The van der Waals surface area contributed by atoms with Crippen molar-refractivity contribution < 1.29 is 14.4 Å². The van der Waals surface area contributed by atoms with E-state index >= 15 is 0 Å². The Hall–Kier alpha value is -3.33. The van der Waals surface area contributed by atoms with Gasteiger partial charge in [-0.1, -0.05) is 18.2 Å². The van der Waals surface area contributed by atoms with Gasteiger partial charge in [0.15, 0.2) is 11.5 Å². The van der Waals surface area contributed by atoms with Crippen molar-refractivity contribution in [2.24, 2.45) is 0 Å². The summed E-state index contributed by atoms with van der Waals surface area (Å²) in [6.07, 6.45) is 1.66. The second-order valence-corrected chi connectivity index (χ2v) is 4.88. The standard InChI is InChI=1S/C17H12N2O4/c18-11-14(13-2-1-3-15(10-13)19(20)21)8-12-4-5-16-17(9-12)23-7-6-22-16/h1-5,8-10H,6-7H2/b14-8+. The van der Waals surface area contributed by atoms with Crippen LogP contribution in [-0.2, 0) is 0 Å². The third kappa shape index (κ3) is 3.14. The minimum Gasteiger partial charge on any atom is -0.486 e. The van der Waals surface area contributed by atoms with Crippen LogP contribution < -0.4 is 9.47 Å². The molecule has 114 valence electrons. The number of nitriles is 1. The van der Waals surface area contributed by atoms with Crippen molar-refractivity contribution in [3.05, 3.63) is 63.7 Å². The summed E-state index contributed by atoms with van der Waals surface area (Å²) in [6.45, 7) is 0.996. The monoisotopic (exact) mass is 308 g/mol. The van der Waals surface area contributed by atoms with Gasteiger partial charge in [0.05, 0.1) is 16.6 Å². The molecule has 2 aromatic carbocycles. The van der Waals surface area contributed by atoms with E-state index in [2.05, 4.69) is 6.07 Å². The molecule has 23 heavy (non-hydrogen) atoms. The normalized spacial score (nSPS) is 13.3. The van der Waals surface area contributed by atoms with Gasteiger partial charge < -0.3 is 9.47 Å². The number of nitrogens with zero attached hydrogens (tertiary/aromatic N) is 2. The van der Waals surface area contributed by atoms with Crippen LogP contribution in [0.15, 0.2) is 42.5 Å². The molecule has 1 heterocycles. The highest BCUT2D eigenvalue weighted by Crippen LogP contribution is 2.32. The van der Waals surface area contributed by atoms with Crippen LogP contribution in [0.25, 0.3) is 11.6 Å². The summed E-state index contributed by atoms with van der Waals surface area (Å²) in [4.78, 5) is 10.4. The molecule has 0 saturated carbocycles. The van der Waals surface area contributed by atoms with Crippen molar-refractivity contribution in [3.63, 3.8) is 0 Å². The summed E-state index contributed by atoms with van der Waals surface area (Å²) in [7, 11) is 0. The molecule has 6 heteroatoms. The Bertz CT molecular complexity index is 837. The van der Waals surface area contributed by atoms with Gasteiger partial charge in [-0.3, -0.25) is 10.1 Å². The fourth-order valence-electron chi connectivity index (χ4n) is 2.28. The molecule has 0 N–H and O–H groups in total. The van der Waals surface area contributed by atoms with Crippen LogP contribution in [0, 0.1) is 21.4 Å². The number of fused-ring (bicyclic) bond motifs is 1. The van der Waals surface area contributed by atoms with Gasteiger partial charge in [-0.2, -0.15) is 5.26 Å². The summed E-state index contributed by atoms with van der Waals surface area (Å²) in [5.74, 6) is 1.29. The van der Waals surface area contributed by atoms with Gasteiger partial charge in [0.2, 0.25) is 0 Å². The smallest absolute Gasteiger partial charge is 0.270 e. The minimum atomic E-state index is -0.484. The van der Waals surface area contributed by atoms with E-state index in [4.69, 9.17) is 9.47 Å². The minimum absolute atomic E-state index is 0.0502. The highest BCUT2D eigenvalue weighted by Gasteiger charge is 2.12. The number of hydrogen-bond acceptors (Lipinski definition) is 5. The van der Waals surface area contributed by atoms with Crippen molar-refractivity contribution in [2.45, 2.75) is 0 Å². The molecule has 0 spiro atoms. The van der Waals surface area contributed by atoms with Gasteiger partial charge in [0.25, 0.3) is 5.69 Å². The molecule has 1 aliphatic rings. The lowest BCUT2D eigenvalue weighted by atomic mass is 10.0. The molecular weight excluding hydrogens is 296 g/mol. The number of benzene rings is 2. The van der Waals surface area contributed by atoms with Crippen molar-refractivity contribution >= 4 is 17.3 Å². The summed E-state index contributed by atoms with van der Waals surface area (Å²) in [5.41, 5.74) is 1.55. The van der Waals surface area contributed by atoms with E-state index in [9.17, 15) is 15.4 Å². The summed E-state index contributed by atoms with van der Waals surface area (Å²) in [5, 5.41) is 20.2. The largest absolute Gasteiger partial charge is 0.486 e. The number of nitro benzene ring substituents is 1. The zero-order valence-electron chi connectivity index (χ0n) is 12.1. The van der Waals surface area contributed by atoms with Gasteiger partial charge in [0, 0.05) is 12.1 Å². The number of ether oxygens (including phenoxy) is 2. The lowest BCUT2D eigenvalue weighted by Gasteiger charge is -2.18. The third-order valence-electron chi connectivity index (χ3n) is 3.37. The van der Waals surface area contributed by atoms with E-state index in [-0.39, 0.29) is 5.69 Å². The van der Waals surface area contributed by atoms with Gasteiger partial charge in [-0.25, -0.2) is 0 Å². The fourth-order valence-corrected chi connectivity index (χ4v) is 2.28. The van der Waals surface area contributed by atoms with Gasteiger partial charge in [0.1, 0.15) is 13.2 Å². The first-order chi connectivity index (χ1) is 11.2. The quantitative estimate of drug-likeness (QED) is 0.375. The number of hydrogen-bond donors (Lipinski definition) is 0. The van der Waals surface area contributed by atoms with E-state index < -0.39 is 4.92 Å². The van der Waals surface area contributed by atoms with Crippen molar-refractivity contribution in [1.82, 2.24) is 0 Å². The first-order valence-corrected chi connectivity index (χ1v) is 6.93. The van der Waals surface area contributed by atoms with Crippen LogP contribution in [0.3, 0.4) is 0 Å². The zero-order valence-corrected chi connectivity index (χ0v) is 12.1. The Morgan fingerprint density at radius 3 is 2.70 bits per heavy atom. The van der Waals surface area contributed by atoms with E-state index in [0.717, 1.165) is 5.56 Å². The molecule has 0 radical (unpaired) electrons. The number of nitro groups is 1. The Balaban J connectivity index is 1.97. The Kier molecular flexibility index (Phi) is 3.93. The number of non-ortho nitro benzene ring substituents is 1. The maximum Gasteiger partial charge on any atom is 0.270 e. The first kappa shape index (κ1) is 14.6. The molecule has 2 aromatic rings. The summed E-state index contributed by atoms with van der Waals surface area (Å²) < 4.78 is 11.0. The lowest BCUT2D eigenvalue weighted by Crippen LogP contribution is -2.15. The molecule has 0 unspecified atom stereocenters. The zero-order chi connectivity index (χ0) is 16.2. The average Bonchev–Trinajstić information content (AvgIpc) is 2.59. The fraction of sp³-hybridized carbons (Fsp3) is 0.118. The molecule has 1 aliphatic heterocycles. The van der Waals surface area contributed by atoms with Crippen LogP contribution in [0.1, 0.15) is 11.1 Å². The van der Waals surface area contributed by atoms with E-state index in [0.29, 0.717) is 35.8 Å². The van der Waals surface area contributed by atoms with E-state index in [1.165, 1.54) is 12.1 Å². The second-order valence-electron chi connectivity index (χ2n) is 4.88. The predicted octanol–water partition coefficient (Wildman–Crippen LogP) is 3.43. The Labute approximate surface area is 132 Å². The van der Waals surface area contributed by atoms with Crippen molar-refractivity contribution in [3.8, 4) is 17.6 Å². The molecule has 0 saturated heterocycles. The molecule has 0 aliphatic carbocycles. The molecule has 0 fully saturated rings. The average molecular weight is 308 g/mol. The van der Waals surface area contributed by atoms with Crippen LogP contribution in [-0.4, -0.2) is 18.1 Å². The Morgan fingerprint density at radius 1 is 1.17 bits per heavy atom. The molecule has 0 aromatic heterocycles. The summed E-state index contributed by atoms with van der Waals surface area (Å²) in [6, 6.07) is 13.4. The molecule has 0 bridgehead atoms. The van der Waals surface area contributed by atoms with E-state index in [1.807, 2.05) is 6.07 Å². The highest BCUT2D eigenvalue weighted by molar-refractivity contribution is 5.90. The van der Waals surface area contributed by atoms with Crippen molar-refractivity contribution in [2.75, 3.05) is 13.2 Å². The van der Waals surface area contributed by atoms with Crippen LogP contribution in [0.2, 0.25) is 0 Å². The van der Waals surface area contributed by atoms with Gasteiger partial charge in [-0.05, 0) is 29.3 Å². The third-order valence-corrected chi connectivity index (χ3v) is 3.37. The van der Waals surface area contributed by atoms with E-state index in [1.54, 1.807) is 30.3 Å². The maximum absolute atomic E-state index is 10.9. The lowest BCUT2D eigenvalue weighted by molar-refractivity contribution is -0.384. The maximum atomic E-state index is 10.9. The molecular formula is C17H12N2O4. The molecule has 6 nitrogen and oxygen atoms in total. The molecule has 0 atom stereocenters. The second kappa shape index (κ2) is 6.20.